The lowest BCUT2D eigenvalue weighted by Crippen LogP contribution is -2.45. The van der Waals surface area contributed by atoms with Crippen LogP contribution in [0.4, 0.5) is 10.5 Å². The number of carboxylic acid groups (broad SMARTS) is 1. The number of amides is 2. The number of hydrogen-bond donors (Lipinski definition) is 2. The maximum atomic E-state index is 14.3. The topological polar surface area (TPSA) is 95.9 Å². The molecule has 0 bridgehead atoms. The van der Waals surface area contributed by atoms with Crippen molar-refractivity contribution >= 4 is 23.5 Å². The molecule has 7 heteroatoms. The number of carboxylic acids is 1. The molecule has 7 nitrogen and oxygen atoms in total. The molecule has 1 saturated heterocycles. The van der Waals surface area contributed by atoms with Crippen LogP contribution in [0, 0.1) is 5.92 Å². The number of Topliss-reactive ketones (excluding diaryl/α,β-unsaturated/α-hetero) is 1. The Bertz CT molecular complexity index is 1440. The summed E-state index contributed by atoms with van der Waals surface area (Å²) in [7, 11) is 1.55. The number of aliphatic carboxylic acids is 1. The molecule has 0 saturated carbocycles. The number of methoxy groups -OCH3 is 1. The Morgan fingerprint density at radius 3 is 1.87 bits per heavy atom. The van der Waals surface area contributed by atoms with Crippen molar-refractivity contribution in [1.82, 2.24) is 4.90 Å². The summed E-state index contributed by atoms with van der Waals surface area (Å²) in [5.41, 5.74) is 2.29. The highest BCUT2D eigenvalue weighted by Crippen LogP contribution is 2.51. The van der Waals surface area contributed by atoms with E-state index in [-0.39, 0.29) is 5.78 Å². The number of ketones is 1. The molecule has 2 amide bonds. The average Bonchev–Trinajstić information content (AvgIpc) is 3.35. The molecule has 0 radical (unpaired) electrons. The van der Waals surface area contributed by atoms with Gasteiger partial charge in [-0.15, -0.1) is 0 Å². The predicted molar refractivity (Wildman–Crippen MR) is 148 cm³/mol. The largest absolute Gasteiger partial charge is 0.497 e. The lowest BCUT2D eigenvalue weighted by atomic mass is 9.76. The molecule has 0 aliphatic carbocycles. The highest BCUT2D eigenvalue weighted by molar-refractivity contribution is 6.02. The molecule has 196 valence electrons. The second-order valence-electron chi connectivity index (χ2n) is 9.40. The number of hydrogen-bond acceptors (Lipinski definition) is 4. The number of likely N-dealkylation sites (tertiary alicyclic amines) is 1. The SMILES string of the molecule is COc1ccc(C2C(C(=O)c3ccccc3)C(c3ccccc3)C(C(=O)O)N2C(=O)Nc2ccccc2)cc1. The van der Waals surface area contributed by atoms with Crippen LogP contribution in [0.15, 0.2) is 115 Å². The van der Waals surface area contributed by atoms with Crippen LogP contribution in [-0.4, -0.2) is 40.9 Å². The minimum absolute atomic E-state index is 0.230. The normalized spacial score (nSPS) is 20.3. The summed E-state index contributed by atoms with van der Waals surface area (Å²) in [5, 5.41) is 13.4. The molecule has 39 heavy (non-hydrogen) atoms. The van der Waals surface area contributed by atoms with E-state index < -0.39 is 35.9 Å². The lowest BCUT2D eigenvalue weighted by Gasteiger charge is -2.30. The molecule has 0 spiro atoms. The molecule has 4 aromatic carbocycles. The fraction of sp³-hybridized carbons (Fsp3) is 0.156. The number of para-hydroxylation sites is 1. The summed E-state index contributed by atoms with van der Waals surface area (Å²) in [5.74, 6) is -2.48. The Balaban J connectivity index is 1.71. The van der Waals surface area contributed by atoms with Gasteiger partial charge in [0, 0.05) is 17.2 Å². The second-order valence-corrected chi connectivity index (χ2v) is 9.40. The summed E-state index contributed by atoms with van der Waals surface area (Å²) < 4.78 is 5.32. The van der Waals surface area contributed by atoms with Gasteiger partial charge in [0.2, 0.25) is 0 Å². The van der Waals surface area contributed by atoms with E-state index >= 15 is 0 Å². The summed E-state index contributed by atoms with van der Waals surface area (Å²) in [4.78, 5) is 42.5. The monoisotopic (exact) mass is 520 g/mol. The fourth-order valence-corrected chi connectivity index (χ4v) is 5.48. The van der Waals surface area contributed by atoms with Crippen molar-refractivity contribution < 1.29 is 24.2 Å². The third kappa shape index (κ3) is 5.11. The van der Waals surface area contributed by atoms with Crippen molar-refractivity contribution in [3.63, 3.8) is 0 Å². The first-order valence-electron chi connectivity index (χ1n) is 12.6. The van der Waals surface area contributed by atoms with Gasteiger partial charge in [0.15, 0.2) is 5.78 Å². The van der Waals surface area contributed by atoms with E-state index in [0.717, 1.165) is 0 Å². The average molecular weight is 521 g/mol. The zero-order chi connectivity index (χ0) is 27.4. The number of anilines is 1. The molecule has 5 rings (SSSR count). The number of nitrogens with zero attached hydrogens (tertiary/aromatic N) is 1. The number of carbonyl (C=O) groups excluding carboxylic acids is 2. The number of rotatable bonds is 7. The number of urea groups is 1. The Hall–Kier alpha value is -4.91. The van der Waals surface area contributed by atoms with Gasteiger partial charge in [-0.1, -0.05) is 91.0 Å². The summed E-state index contributed by atoms with van der Waals surface area (Å²) in [6, 6.07) is 31.0. The minimum atomic E-state index is -1.30. The van der Waals surface area contributed by atoms with Gasteiger partial charge >= 0.3 is 12.0 Å². The standard InChI is InChI=1S/C32H28N2O5/c1-39-25-19-17-22(18-20-25)28-27(30(35)23-13-7-3-8-14-23)26(21-11-5-2-6-12-21)29(31(36)37)34(28)32(38)33-24-15-9-4-10-16-24/h2-20,26-29H,1H3,(H,33,38)(H,36,37). The van der Waals surface area contributed by atoms with Gasteiger partial charge in [-0.25, -0.2) is 9.59 Å². The minimum Gasteiger partial charge on any atom is -0.497 e. The molecular weight excluding hydrogens is 492 g/mol. The number of ether oxygens (including phenoxy) is 1. The van der Waals surface area contributed by atoms with Crippen molar-refractivity contribution in [1.29, 1.82) is 0 Å². The van der Waals surface area contributed by atoms with E-state index in [9.17, 15) is 19.5 Å². The highest BCUT2D eigenvalue weighted by Gasteiger charge is 2.57. The maximum absolute atomic E-state index is 14.3. The Morgan fingerprint density at radius 1 is 0.744 bits per heavy atom. The van der Waals surface area contributed by atoms with Gasteiger partial charge in [0.25, 0.3) is 0 Å². The zero-order valence-corrected chi connectivity index (χ0v) is 21.3. The van der Waals surface area contributed by atoms with Crippen molar-refractivity contribution in [2.75, 3.05) is 12.4 Å². The molecule has 2 N–H and O–H groups in total. The van der Waals surface area contributed by atoms with E-state index in [0.29, 0.717) is 28.1 Å². The van der Waals surface area contributed by atoms with Crippen LogP contribution in [0.3, 0.4) is 0 Å². The van der Waals surface area contributed by atoms with Gasteiger partial charge in [0.1, 0.15) is 11.8 Å². The van der Waals surface area contributed by atoms with Crippen LogP contribution in [0.25, 0.3) is 0 Å². The molecule has 1 heterocycles. The van der Waals surface area contributed by atoms with E-state index in [1.54, 1.807) is 79.9 Å². The van der Waals surface area contributed by atoms with Gasteiger partial charge < -0.3 is 20.1 Å². The van der Waals surface area contributed by atoms with Crippen LogP contribution >= 0.6 is 0 Å². The third-order valence-electron chi connectivity index (χ3n) is 7.18. The summed E-state index contributed by atoms with van der Waals surface area (Å²) in [6.07, 6.45) is 0. The van der Waals surface area contributed by atoms with E-state index in [1.807, 2.05) is 42.5 Å². The maximum Gasteiger partial charge on any atom is 0.327 e. The quantitative estimate of drug-likeness (QED) is 0.291. The molecule has 1 fully saturated rings. The van der Waals surface area contributed by atoms with Crippen LogP contribution in [-0.2, 0) is 4.79 Å². The summed E-state index contributed by atoms with van der Waals surface area (Å²) >= 11 is 0. The van der Waals surface area contributed by atoms with Crippen molar-refractivity contribution in [3.8, 4) is 5.75 Å². The van der Waals surface area contributed by atoms with Crippen LogP contribution in [0.1, 0.15) is 33.4 Å². The molecule has 1 aliphatic rings. The first kappa shape index (κ1) is 25.7. The fourth-order valence-electron chi connectivity index (χ4n) is 5.48. The lowest BCUT2D eigenvalue weighted by molar-refractivity contribution is -0.142. The van der Waals surface area contributed by atoms with Crippen molar-refractivity contribution in [2.24, 2.45) is 5.92 Å². The molecule has 1 aliphatic heterocycles. The van der Waals surface area contributed by atoms with Gasteiger partial charge in [-0.05, 0) is 35.4 Å². The first-order chi connectivity index (χ1) is 19.0. The second kappa shape index (κ2) is 11.2. The molecule has 4 aromatic rings. The Labute approximate surface area is 226 Å². The molecule has 0 aromatic heterocycles. The molecular formula is C32H28N2O5. The Kier molecular flexibility index (Phi) is 7.41. The van der Waals surface area contributed by atoms with Gasteiger partial charge in [-0.2, -0.15) is 0 Å². The Morgan fingerprint density at radius 2 is 1.31 bits per heavy atom. The van der Waals surface area contributed by atoms with Gasteiger partial charge in [0.05, 0.1) is 19.1 Å². The molecule has 4 unspecified atom stereocenters. The number of benzene rings is 4. The predicted octanol–water partition coefficient (Wildman–Crippen LogP) is 6.02. The molecule has 4 atom stereocenters. The third-order valence-corrected chi connectivity index (χ3v) is 7.18. The van der Waals surface area contributed by atoms with E-state index in [2.05, 4.69) is 5.32 Å². The van der Waals surface area contributed by atoms with Crippen LogP contribution in [0.2, 0.25) is 0 Å². The highest BCUT2D eigenvalue weighted by atomic mass is 16.5. The van der Waals surface area contributed by atoms with Crippen molar-refractivity contribution in [2.45, 2.75) is 18.0 Å². The number of nitrogens with one attached hydrogen (secondary N) is 1. The smallest absolute Gasteiger partial charge is 0.327 e. The van der Waals surface area contributed by atoms with Crippen LogP contribution < -0.4 is 10.1 Å². The zero-order valence-electron chi connectivity index (χ0n) is 21.3. The van der Waals surface area contributed by atoms with E-state index in [4.69, 9.17) is 4.74 Å². The first-order valence-corrected chi connectivity index (χ1v) is 12.6. The van der Waals surface area contributed by atoms with Crippen LogP contribution in [0.5, 0.6) is 5.75 Å². The van der Waals surface area contributed by atoms with Gasteiger partial charge in [-0.3, -0.25) is 4.79 Å². The summed E-state index contributed by atoms with van der Waals surface area (Å²) in [6.45, 7) is 0. The van der Waals surface area contributed by atoms with E-state index in [1.165, 1.54) is 4.90 Å². The van der Waals surface area contributed by atoms with Crippen molar-refractivity contribution in [3.05, 3.63) is 132 Å². The number of carbonyl (C=O) groups is 3.